The molecule has 7 heteroatoms. The van der Waals surface area contributed by atoms with Gasteiger partial charge in [0.05, 0.1) is 6.07 Å². The summed E-state index contributed by atoms with van der Waals surface area (Å²) in [5.74, 6) is 0.391. The number of aromatic amines is 1. The molecule has 1 rings (SSSR count). The van der Waals surface area contributed by atoms with Crippen LogP contribution < -0.4 is 11.4 Å². The molecule has 0 amide bonds. The Morgan fingerprint density at radius 1 is 1.86 bits per heavy atom. The number of thioether (sulfide) groups is 1. The maximum Gasteiger partial charge on any atom is 0.343 e. The molecule has 1 heterocycles. The van der Waals surface area contributed by atoms with Crippen LogP contribution in [0.1, 0.15) is 6.92 Å². The van der Waals surface area contributed by atoms with E-state index in [1.807, 2.05) is 6.07 Å². The highest BCUT2D eigenvalue weighted by atomic mass is 32.2. The molecule has 1 atom stereocenters. The molecule has 0 fully saturated rings. The predicted molar refractivity (Wildman–Crippen MR) is 52.8 cm³/mol. The van der Waals surface area contributed by atoms with E-state index in [0.29, 0.717) is 10.9 Å². The van der Waals surface area contributed by atoms with Crippen LogP contribution in [-0.4, -0.2) is 26.1 Å². The largest absolute Gasteiger partial charge is 0.343 e. The number of rotatable bonds is 3. The Morgan fingerprint density at radius 3 is 2.93 bits per heavy atom. The molecule has 0 spiro atoms. The van der Waals surface area contributed by atoms with Gasteiger partial charge >= 0.3 is 5.69 Å². The summed E-state index contributed by atoms with van der Waals surface area (Å²) in [6, 6.07) is 1.97. The smallest absolute Gasteiger partial charge is 0.313 e. The number of hydrogen-bond donors (Lipinski definition) is 2. The van der Waals surface area contributed by atoms with Crippen LogP contribution in [0.15, 0.2) is 9.95 Å². The lowest BCUT2D eigenvalue weighted by molar-refractivity contribution is 0.677. The van der Waals surface area contributed by atoms with E-state index in [4.69, 9.17) is 11.0 Å². The lowest BCUT2D eigenvalue weighted by Gasteiger charge is -2.13. The Kier molecular flexibility index (Phi) is 2.98. The Labute approximate surface area is 85.1 Å². The summed E-state index contributed by atoms with van der Waals surface area (Å²) in [6.07, 6.45) is 0. The minimum atomic E-state index is -0.903. The third kappa shape index (κ3) is 2.37. The first-order valence-electron chi connectivity index (χ1n) is 3.90. The van der Waals surface area contributed by atoms with Crippen LogP contribution in [0.3, 0.4) is 0 Å². The van der Waals surface area contributed by atoms with E-state index >= 15 is 0 Å². The van der Waals surface area contributed by atoms with Gasteiger partial charge in [-0.15, -0.1) is 5.10 Å². The quantitative estimate of drug-likeness (QED) is 0.655. The van der Waals surface area contributed by atoms with Crippen molar-refractivity contribution in [2.75, 3.05) is 5.75 Å². The highest BCUT2D eigenvalue weighted by molar-refractivity contribution is 7.99. The maximum absolute atomic E-state index is 11.0. The van der Waals surface area contributed by atoms with Crippen molar-refractivity contribution in [1.82, 2.24) is 14.8 Å². The SMILES string of the molecule is Cn1c(SCC(C)(N)C#N)n[nH]c1=O. The first-order chi connectivity index (χ1) is 6.46. The van der Waals surface area contributed by atoms with Crippen molar-refractivity contribution >= 4 is 11.8 Å². The Hall–Kier alpha value is -1.26. The van der Waals surface area contributed by atoms with Gasteiger partial charge < -0.3 is 5.73 Å². The van der Waals surface area contributed by atoms with Crippen LogP contribution in [0.25, 0.3) is 0 Å². The predicted octanol–water partition coefficient (Wildman–Crippen LogP) is -0.559. The summed E-state index contributed by atoms with van der Waals surface area (Å²) in [6.45, 7) is 1.63. The van der Waals surface area contributed by atoms with E-state index in [1.165, 1.54) is 16.3 Å². The second kappa shape index (κ2) is 3.86. The molecule has 1 aromatic heterocycles. The van der Waals surface area contributed by atoms with E-state index in [1.54, 1.807) is 14.0 Å². The topological polar surface area (TPSA) is 100 Å². The molecule has 0 radical (unpaired) electrons. The van der Waals surface area contributed by atoms with Gasteiger partial charge in [0.2, 0.25) is 0 Å². The number of nitriles is 1. The summed E-state index contributed by atoms with van der Waals surface area (Å²) in [5, 5.41) is 15.3. The molecule has 3 N–H and O–H groups in total. The van der Waals surface area contributed by atoms with Crippen molar-refractivity contribution < 1.29 is 0 Å². The van der Waals surface area contributed by atoms with Crippen molar-refractivity contribution in [2.45, 2.75) is 17.6 Å². The lowest BCUT2D eigenvalue weighted by atomic mass is 10.1. The molecule has 0 aliphatic carbocycles. The standard InChI is InChI=1S/C7H11N5OS/c1-7(9,3-8)4-14-6-11-10-5(13)12(6)2/h4,9H2,1-2H3,(H,10,13). The average Bonchev–Trinajstić information content (AvgIpc) is 2.45. The van der Waals surface area contributed by atoms with Crippen LogP contribution in [0.4, 0.5) is 0 Å². The van der Waals surface area contributed by atoms with Crippen molar-refractivity contribution in [1.29, 1.82) is 5.26 Å². The summed E-state index contributed by atoms with van der Waals surface area (Å²) < 4.78 is 1.37. The van der Waals surface area contributed by atoms with E-state index in [-0.39, 0.29) is 5.69 Å². The Morgan fingerprint density at radius 2 is 2.50 bits per heavy atom. The van der Waals surface area contributed by atoms with E-state index < -0.39 is 5.54 Å². The van der Waals surface area contributed by atoms with Gasteiger partial charge in [-0.2, -0.15) is 5.26 Å². The number of hydrogen-bond acceptors (Lipinski definition) is 5. The van der Waals surface area contributed by atoms with Gasteiger partial charge in [-0.05, 0) is 6.92 Å². The number of nitrogens with zero attached hydrogens (tertiary/aromatic N) is 3. The molecule has 0 aromatic carbocycles. The first-order valence-corrected chi connectivity index (χ1v) is 4.89. The zero-order chi connectivity index (χ0) is 10.8. The summed E-state index contributed by atoms with van der Waals surface area (Å²) in [5.41, 5.74) is 4.44. The third-order valence-electron chi connectivity index (χ3n) is 1.60. The fraction of sp³-hybridized carbons (Fsp3) is 0.571. The lowest BCUT2D eigenvalue weighted by Crippen LogP contribution is -2.37. The van der Waals surface area contributed by atoms with Crippen LogP contribution in [0, 0.1) is 11.3 Å². The summed E-state index contributed by atoms with van der Waals surface area (Å²) in [4.78, 5) is 11.0. The fourth-order valence-electron chi connectivity index (χ4n) is 0.708. The molecule has 0 saturated heterocycles. The van der Waals surface area contributed by atoms with Gasteiger partial charge in [0.15, 0.2) is 5.16 Å². The molecule has 0 bridgehead atoms. The molecular weight excluding hydrogens is 202 g/mol. The third-order valence-corrected chi connectivity index (χ3v) is 2.96. The van der Waals surface area contributed by atoms with Crippen molar-refractivity contribution in [3.05, 3.63) is 10.5 Å². The normalized spacial score (nSPS) is 14.7. The van der Waals surface area contributed by atoms with E-state index in [0.717, 1.165) is 0 Å². The van der Waals surface area contributed by atoms with Gasteiger partial charge in [0, 0.05) is 12.8 Å². The van der Waals surface area contributed by atoms with Gasteiger partial charge in [0.1, 0.15) is 5.54 Å². The van der Waals surface area contributed by atoms with Crippen molar-refractivity contribution in [2.24, 2.45) is 12.8 Å². The summed E-state index contributed by atoms with van der Waals surface area (Å²) >= 11 is 1.27. The molecular formula is C7H11N5OS. The first kappa shape index (κ1) is 10.8. The monoisotopic (exact) mass is 213 g/mol. The Bertz CT molecular complexity index is 412. The molecule has 6 nitrogen and oxygen atoms in total. The number of nitrogens with one attached hydrogen (secondary N) is 1. The molecule has 1 unspecified atom stereocenters. The number of H-pyrrole nitrogens is 1. The molecule has 0 saturated carbocycles. The number of nitrogens with two attached hydrogens (primary N) is 1. The zero-order valence-electron chi connectivity index (χ0n) is 7.94. The highest BCUT2D eigenvalue weighted by Gasteiger charge is 2.19. The van der Waals surface area contributed by atoms with Gasteiger partial charge in [0.25, 0.3) is 0 Å². The van der Waals surface area contributed by atoms with Crippen LogP contribution in [-0.2, 0) is 7.05 Å². The fourth-order valence-corrected chi connectivity index (χ4v) is 1.59. The minimum absolute atomic E-state index is 0.275. The van der Waals surface area contributed by atoms with Crippen LogP contribution >= 0.6 is 11.8 Å². The van der Waals surface area contributed by atoms with Crippen molar-refractivity contribution in [3.8, 4) is 6.07 Å². The van der Waals surface area contributed by atoms with E-state index in [2.05, 4.69) is 10.2 Å². The summed E-state index contributed by atoms with van der Waals surface area (Å²) in [7, 11) is 1.61. The number of aromatic nitrogens is 3. The van der Waals surface area contributed by atoms with Crippen LogP contribution in [0.2, 0.25) is 0 Å². The average molecular weight is 213 g/mol. The second-order valence-electron chi connectivity index (χ2n) is 3.19. The molecule has 14 heavy (non-hydrogen) atoms. The highest BCUT2D eigenvalue weighted by Crippen LogP contribution is 2.16. The Balaban J connectivity index is 2.69. The molecule has 0 aliphatic rings. The molecule has 76 valence electrons. The maximum atomic E-state index is 11.0. The van der Waals surface area contributed by atoms with Gasteiger partial charge in [-0.25, -0.2) is 9.89 Å². The molecule has 0 aliphatic heterocycles. The second-order valence-corrected chi connectivity index (χ2v) is 4.13. The zero-order valence-corrected chi connectivity index (χ0v) is 8.76. The van der Waals surface area contributed by atoms with Crippen LogP contribution in [0.5, 0.6) is 0 Å². The van der Waals surface area contributed by atoms with Gasteiger partial charge in [-0.1, -0.05) is 11.8 Å². The van der Waals surface area contributed by atoms with Crippen molar-refractivity contribution in [3.63, 3.8) is 0 Å². The minimum Gasteiger partial charge on any atom is -0.313 e. The molecule has 1 aromatic rings. The van der Waals surface area contributed by atoms with Gasteiger partial charge in [-0.3, -0.25) is 4.57 Å². The van der Waals surface area contributed by atoms with E-state index in [9.17, 15) is 4.79 Å².